The van der Waals surface area contributed by atoms with Gasteiger partial charge in [0.15, 0.2) is 5.16 Å². The van der Waals surface area contributed by atoms with E-state index in [9.17, 15) is 4.79 Å². The number of hydrogen-bond acceptors (Lipinski definition) is 3. The molecule has 1 heterocycles. The highest BCUT2D eigenvalue weighted by Gasteiger charge is 2.12. The molecule has 0 spiro atoms. The Morgan fingerprint density at radius 2 is 2.04 bits per heavy atom. The van der Waals surface area contributed by atoms with Gasteiger partial charge in [0, 0.05) is 23.1 Å². The fourth-order valence-electron chi connectivity index (χ4n) is 2.70. The number of rotatable bonds is 6. The number of nitrogens with zero attached hydrogens (tertiary/aromatic N) is 2. The minimum absolute atomic E-state index is 0.0479. The summed E-state index contributed by atoms with van der Waals surface area (Å²) < 4.78 is 1.96. The van der Waals surface area contributed by atoms with Crippen molar-refractivity contribution in [2.24, 2.45) is 0 Å². The first-order valence-corrected chi connectivity index (χ1v) is 9.76. The van der Waals surface area contributed by atoms with Crippen LogP contribution in [0, 0.1) is 6.92 Å². The van der Waals surface area contributed by atoms with Gasteiger partial charge in [-0.15, -0.1) is 0 Å². The average molecular weight is 386 g/mol. The van der Waals surface area contributed by atoms with E-state index >= 15 is 0 Å². The van der Waals surface area contributed by atoms with Crippen LogP contribution in [0.25, 0.3) is 5.69 Å². The number of hydrogen-bond donors (Lipinski definition) is 1. The number of halogens is 1. The zero-order chi connectivity index (χ0) is 18.5. The minimum Gasteiger partial charge on any atom is -0.325 e. The fourth-order valence-corrected chi connectivity index (χ4v) is 3.64. The molecule has 1 aromatic heterocycles. The van der Waals surface area contributed by atoms with Crippen molar-refractivity contribution < 1.29 is 4.79 Å². The minimum atomic E-state index is -0.0479. The first kappa shape index (κ1) is 18.5. The number of amides is 1. The molecule has 134 valence electrons. The van der Waals surface area contributed by atoms with Crippen molar-refractivity contribution in [3.63, 3.8) is 0 Å². The maximum atomic E-state index is 12.4. The number of imidazole rings is 1. The van der Waals surface area contributed by atoms with Gasteiger partial charge in [-0.3, -0.25) is 9.36 Å². The molecular weight excluding hydrogens is 366 g/mol. The third-order valence-electron chi connectivity index (χ3n) is 4.11. The first-order chi connectivity index (χ1) is 12.6. The van der Waals surface area contributed by atoms with Crippen molar-refractivity contribution in [3.8, 4) is 5.69 Å². The van der Waals surface area contributed by atoms with Crippen LogP contribution in [-0.2, 0) is 11.2 Å². The van der Waals surface area contributed by atoms with Crippen LogP contribution < -0.4 is 5.32 Å². The molecule has 0 bridgehead atoms. The Balaban J connectivity index is 1.70. The lowest BCUT2D eigenvalue weighted by Gasteiger charge is -2.12. The Kier molecular flexibility index (Phi) is 6.01. The van der Waals surface area contributed by atoms with Gasteiger partial charge in [-0.05, 0) is 42.7 Å². The molecule has 4 nitrogen and oxygen atoms in total. The summed E-state index contributed by atoms with van der Waals surface area (Å²) in [5.74, 6) is 0.238. The molecular formula is C20H20ClN3OS. The Labute approximate surface area is 162 Å². The van der Waals surface area contributed by atoms with Crippen molar-refractivity contribution in [1.29, 1.82) is 0 Å². The smallest absolute Gasteiger partial charge is 0.234 e. The Morgan fingerprint density at radius 3 is 2.85 bits per heavy atom. The maximum absolute atomic E-state index is 12.4. The molecule has 0 saturated heterocycles. The van der Waals surface area contributed by atoms with Gasteiger partial charge in [-0.25, -0.2) is 4.98 Å². The van der Waals surface area contributed by atoms with E-state index in [0.717, 1.165) is 34.1 Å². The number of carbonyl (C=O) groups is 1. The van der Waals surface area contributed by atoms with E-state index in [0.29, 0.717) is 5.02 Å². The molecule has 0 atom stereocenters. The summed E-state index contributed by atoms with van der Waals surface area (Å²) in [6, 6.07) is 13.6. The average Bonchev–Trinajstić information content (AvgIpc) is 3.11. The van der Waals surface area contributed by atoms with E-state index in [4.69, 9.17) is 11.6 Å². The molecule has 0 aliphatic rings. The van der Waals surface area contributed by atoms with Crippen LogP contribution >= 0.6 is 23.4 Å². The zero-order valence-electron chi connectivity index (χ0n) is 14.7. The van der Waals surface area contributed by atoms with Gasteiger partial charge in [-0.2, -0.15) is 0 Å². The Morgan fingerprint density at radius 1 is 1.23 bits per heavy atom. The predicted molar refractivity (Wildman–Crippen MR) is 108 cm³/mol. The summed E-state index contributed by atoms with van der Waals surface area (Å²) in [5.41, 5.74) is 3.95. The molecule has 6 heteroatoms. The molecule has 0 fully saturated rings. The van der Waals surface area contributed by atoms with Gasteiger partial charge in [-0.1, -0.05) is 54.6 Å². The lowest BCUT2D eigenvalue weighted by Crippen LogP contribution is -2.15. The van der Waals surface area contributed by atoms with Gasteiger partial charge in [0.1, 0.15) is 0 Å². The van der Waals surface area contributed by atoms with Crippen molar-refractivity contribution in [1.82, 2.24) is 9.55 Å². The molecule has 3 rings (SSSR count). The maximum Gasteiger partial charge on any atom is 0.234 e. The van der Waals surface area contributed by atoms with E-state index in [1.807, 2.05) is 60.2 Å². The van der Waals surface area contributed by atoms with Crippen molar-refractivity contribution in [2.75, 3.05) is 11.1 Å². The number of nitrogens with one attached hydrogen (secondary N) is 1. The van der Waals surface area contributed by atoms with Crippen molar-refractivity contribution in [2.45, 2.75) is 25.4 Å². The molecule has 0 radical (unpaired) electrons. The standard InChI is InChI=1S/C20H20ClN3OS/c1-3-15-7-4-5-9-17(15)23-19(25)13-26-20-22-11-12-24(20)18-10-6-8-16(21)14(18)2/h4-12H,3,13H2,1-2H3,(H,23,25). The number of benzene rings is 2. The summed E-state index contributed by atoms with van der Waals surface area (Å²) in [4.78, 5) is 16.7. The molecule has 26 heavy (non-hydrogen) atoms. The molecule has 1 amide bonds. The second kappa shape index (κ2) is 8.43. The van der Waals surface area contributed by atoms with Crippen LogP contribution in [0.3, 0.4) is 0 Å². The van der Waals surface area contributed by atoms with Gasteiger partial charge in [0.2, 0.25) is 5.91 Å². The van der Waals surface area contributed by atoms with Crippen LogP contribution in [0.1, 0.15) is 18.1 Å². The highest BCUT2D eigenvalue weighted by molar-refractivity contribution is 7.99. The molecule has 3 aromatic rings. The van der Waals surface area contributed by atoms with Gasteiger partial charge >= 0.3 is 0 Å². The largest absolute Gasteiger partial charge is 0.325 e. The van der Waals surface area contributed by atoms with E-state index in [1.54, 1.807) is 6.20 Å². The normalized spacial score (nSPS) is 10.7. The predicted octanol–water partition coefficient (Wildman–Crippen LogP) is 5.13. The van der Waals surface area contributed by atoms with Crippen LogP contribution in [0.15, 0.2) is 60.0 Å². The van der Waals surface area contributed by atoms with E-state index < -0.39 is 0 Å². The number of thioether (sulfide) groups is 1. The summed E-state index contributed by atoms with van der Waals surface area (Å²) in [6.45, 7) is 4.05. The monoisotopic (exact) mass is 385 g/mol. The number of carbonyl (C=O) groups excluding carboxylic acids is 1. The van der Waals surface area contributed by atoms with E-state index in [2.05, 4.69) is 17.2 Å². The van der Waals surface area contributed by atoms with Gasteiger partial charge in [0.25, 0.3) is 0 Å². The first-order valence-electron chi connectivity index (χ1n) is 8.39. The second-order valence-electron chi connectivity index (χ2n) is 5.81. The summed E-state index contributed by atoms with van der Waals surface area (Å²) in [6.07, 6.45) is 4.49. The molecule has 0 aliphatic carbocycles. The molecule has 1 N–H and O–H groups in total. The topological polar surface area (TPSA) is 46.9 Å². The summed E-state index contributed by atoms with van der Waals surface area (Å²) in [7, 11) is 0. The Bertz CT molecular complexity index is 923. The number of para-hydroxylation sites is 1. The zero-order valence-corrected chi connectivity index (χ0v) is 16.3. The second-order valence-corrected chi connectivity index (χ2v) is 7.16. The lowest BCUT2D eigenvalue weighted by atomic mass is 10.1. The third kappa shape index (κ3) is 4.11. The number of anilines is 1. The van der Waals surface area contributed by atoms with Gasteiger partial charge in [0.05, 0.1) is 11.4 Å². The Hall–Kier alpha value is -2.24. The van der Waals surface area contributed by atoms with Crippen LogP contribution in [0.5, 0.6) is 0 Å². The summed E-state index contributed by atoms with van der Waals surface area (Å²) in [5, 5.41) is 4.45. The summed E-state index contributed by atoms with van der Waals surface area (Å²) >= 11 is 7.63. The van der Waals surface area contributed by atoms with E-state index in [-0.39, 0.29) is 11.7 Å². The third-order valence-corrected chi connectivity index (χ3v) is 5.49. The van der Waals surface area contributed by atoms with Crippen LogP contribution in [0.2, 0.25) is 5.02 Å². The van der Waals surface area contributed by atoms with Crippen molar-refractivity contribution >= 4 is 35.0 Å². The van der Waals surface area contributed by atoms with Crippen LogP contribution in [0.4, 0.5) is 5.69 Å². The molecule has 0 saturated carbocycles. The number of aromatic nitrogens is 2. The lowest BCUT2D eigenvalue weighted by molar-refractivity contribution is -0.113. The molecule has 0 unspecified atom stereocenters. The highest BCUT2D eigenvalue weighted by Crippen LogP contribution is 2.26. The quantitative estimate of drug-likeness (QED) is 0.598. The highest BCUT2D eigenvalue weighted by atomic mass is 35.5. The SMILES string of the molecule is CCc1ccccc1NC(=O)CSc1nccn1-c1cccc(Cl)c1C. The van der Waals surface area contributed by atoms with E-state index in [1.165, 1.54) is 11.8 Å². The van der Waals surface area contributed by atoms with Gasteiger partial charge < -0.3 is 5.32 Å². The molecule has 0 aliphatic heterocycles. The molecule has 2 aromatic carbocycles. The van der Waals surface area contributed by atoms with Crippen LogP contribution in [-0.4, -0.2) is 21.2 Å². The fraction of sp³-hybridized carbons (Fsp3) is 0.200. The number of aryl methyl sites for hydroxylation is 1. The van der Waals surface area contributed by atoms with Crippen molar-refractivity contribution in [3.05, 3.63) is 71.0 Å².